The first-order valence-electron chi connectivity index (χ1n) is 5.01. The fourth-order valence-corrected chi connectivity index (χ4v) is 1.65. The van der Waals surface area contributed by atoms with Crippen LogP contribution < -0.4 is 15.8 Å². The van der Waals surface area contributed by atoms with E-state index in [0.717, 1.165) is 11.4 Å². The molecule has 0 atom stereocenters. The lowest BCUT2D eigenvalue weighted by Gasteiger charge is -2.08. The molecule has 0 aliphatic heterocycles. The maximum absolute atomic E-state index is 5.82. The zero-order valence-corrected chi connectivity index (χ0v) is 10.0. The molecule has 88 valence electrons. The number of hydrogen-bond acceptors (Lipinski definition) is 4. The van der Waals surface area contributed by atoms with Crippen LogP contribution in [0.3, 0.4) is 0 Å². The van der Waals surface area contributed by atoms with E-state index in [0.29, 0.717) is 16.7 Å². The quantitative estimate of drug-likeness (QED) is 0.821. The molecule has 4 nitrogen and oxygen atoms in total. The summed E-state index contributed by atoms with van der Waals surface area (Å²) in [5.41, 5.74) is 7.10. The second-order valence-corrected chi connectivity index (χ2v) is 3.85. The number of rotatable bonds is 3. The molecule has 0 aliphatic rings. The molecule has 0 spiro atoms. The number of nitrogens with one attached hydrogen (secondary N) is 1. The largest absolute Gasteiger partial charge is 0.497 e. The number of methoxy groups -OCH3 is 1. The summed E-state index contributed by atoms with van der Waals surface area (Å²) in [6.07, 6.45) is 0. The minimum absolute atomic E-state index is 0.357. The fraction of sp³-hybridized carbons (Fsp3) is 0.0833. The second-order valence-electron chi connectivity index (χ2n) is 3.47. The number of nitrogens with zero attached hydrogens (tertiary/aromatic N) is 1. The molecule has 0 radical (unpaired) electrons. The van der Waals surface area contributed by atoms with Crippen LogP contribution in [0.25, 0.3) is 0 Å². The van der Waals surface area contributed by atoms with Crippen LogP contribution >= 0.6 is 11.6 Å². The van der Waals surface area contributed by atoms with E-state index in [4.69, 9.17) is 22.1 Å². The molecule has 0 aliphatic carbocycles. The van der Waals surface area contributed by atoms with E-state index < -0.39 is 0 Å². The average molecular weight is 250 g/mol. The summed E-state index contributed by atoms with van der Waals surface area (Å²) in [6.45, 7) is 0. The van der Waals surface area contributed by atoms with Crippen molar-refractivity contribution in [2.45, 2.75) is 0 Å². The predicted molar refractivity (Wildman–Crippen MR) is 69.9 cm³/mol. The molecule has 0 unspecified atom stereocenters. The summed E-state index contributed by atoms with van der Waals surface area (Å²) < 4.78 is 5.13. The number of nitrogens with two attached hydrogens (primary N) is 1. The summed E-state index contributed by atoms with van der Waals surface area (Å²) in [5, 5.41) is 3.46. The highest BCUT2D eigenvalue weighted by atomic mass is 35.5. The second kappa shape index (κ2) is 4.93. The van der Waals surface area contributed by atoms with Crippen molar-refractivity contribution in [3.63, 3.8) is 0 Å². The van der Waals surface area contributed by atoms with Crippen molar-refractivity contribution in [2.75, 3.05) is 18.2 Å². The number of nitrogen functional groups attached to an aromatic ring is 1. The predicted octanol–water partition coefficient (Wildman–Crippen LogP) is 3.07. The molecule has 3 N–H and O–H groups in total. The third kappa shape index (κ3) is 3.01. The molecule has 0 saturated heterocycles. The van der Waals surface area contributed by atoms with E-state index in [1.54, 1.807) is 19.2 Å². The normalized spacial score (nSPS) is 10.0. The van der Waals surface area contributed by atoms with Crippen LogP contribution in [0, 0.1) is 0 Å². The summed E-state index contributed by atoms with van der Waals surface area (Å²) in [6, 6.07) is 10.8. The number of halogens is 1. The third-order valence-corrected chi connectivity index (χ3v) is 2.35. The number of ether oxygens (including phenoxy) is 1. The van der Waals surface area contributed by atoms with Gasteiger partial charge in [0.15, 0.2) is 0 Å². The van der Waals surface area contributed by atoms with Crippen molar-refractivity contribution < 1.29 is 4.74 Å². The maximum atomic E-state index is 5.82. The summed E-state index contributed by atoms with van der Waals surface area (Å²) in [7, 11) is 1.62. The van der Waals surface area contributed by atoms with Crippen LogP contribution in [0.4, 0.5) is 17.2 Å². The molecule has 0 saturated carbocycles. The summed E-state index contributed by atoms with van der Waals surface area (Å²) in [5.74, 6) is 1.37. The van der Waals surface area contributed by atoms with E-state index in [-0.39, 0.29) is 0 Å². The molecule has 0 amide bonds. The van der Waals surface area contributed by atoms with Crippen LogP contribution in [-0.4, -0.2) is 12.1 Å². The third-order valence-electron chi connectivity index (χ3n) is 2.16. The van der Waals surface area contributed by atoms with Gasteiger partial charge >= 0.3 is 0 Å². The Morgan fingerprint density at radius 3 is 2.82 bits per heavy atom. The highest BCUT2D eigenvalue weighted by molar-refractivity contribution is 6.29. The van der Waals surface area contributed by atoms with Crippen LogP contribution in [0.15, 0.2) is 36.4 Å². The smallest absolute Gasteiger partial charge is 0.134 e. The minimum Gasteiger partial charge on any atom is -0.497 e. The SMILES string of the molecule is COc1cccc(Nc2cc(N)cc(Cl)n2)c1. The van der Waals surface area contributed by atoms with Crippen molar-refractivity contribution in [3.05, 3.63) is 41.6 Å². The molecule has 17 heavy (non-hydrogen) atoms. The Morgan fingerprint density at radius 1 is 1.29 bits per heavy atom. The van der Waals surface area contributed by atoms with E-state index >= 15 is 0 Å². The van der Waals surface area contributed by atoms with E-state index in [1.807, 2.05) is 24.3 Å². The Balaban J connectivity index is 2.24. The van der Waals surface area contributed by atoms with Crippen LogP contribution in [0.2, 0.25) is 5.15 Å². The lowest BCUT2D eigenvalue weighted by molar-refractivity contribution is 0.415. The summed E-state index contributed by atoms with van der Waals surface area (Å²) in [4.78, 5) is 4.12. The van der Waals surface area contributed by atoms with Gasteiger partial charge in [-0.25, -0.2) is 4.98 Å². The Labute approximate surface area is 104 Å². The van der Waals surface area contributed by atoms with Crippen molar-refractivity contribution in [1.82, 2.24) is 4.98 Å². The zero-order valence-electron chi connectivity index (χ0n) is 9.27. The molecular formula is C12H12ClN3O. The van der Waals surface area contributed by atoms with Crippen LogP contribution in [0.1, 0.15) is 0 Å². The molecule has 1 heterocycles. The van der Waals surface area contributed by atoms with E-state index in [2.05, 4.69) is 10.3 Å². The van der Waals surface area contributed by atoms with Gasteiger partial charge in [0.05, 0.1) is 7.11 Å². The van der Waals surface area contributed by atoms with Crippen molar-refractivity contribution >= 4 is 28.8 Å². The van der Waals surface area contributed by atoms with Gasteiger partial charge in [0.1, 0.15) is 16.7 Å². The summed E-state index contributed by atoms with van der Waals surface area (Å²) >= 11 is 5.82. The Morgan fingerprint density at radius 2 is 2.12 bits per heavy atom. The Kier molecular flexibility index (Phi) is 3.35. The molecule has 1 aromatic carbocycles. The molecule has 2 aromatic rings. The van der Waals surface area contributed by atoms with Gasteiger partial charge in [-0.1, -0.05) is 17.7 Å². The van der Waals surface area contributed by atoms with Gasteiger partial charge in [-0.15, -0.1) is 0 Å². The van der Waals surface area contributed by atoms with Gasteiger partial charge in [0.25, 0.3) is 0 Å². The van der Waals surface area contributed by atoms with Gasteiger partial charge in [0.2, 0.25) is 0 Å². The number of anilines is 3. The number of pyridine rings is 1. The molecule has 5 heteroatoms. The maximum Gasteiger partial charge on any atom is 0.134 e. The monoisotopic (exact) mass is 249 g/mol. The lowest BCUT2D eigenvalue weighted by Crippen LogP contribution is -1.96. The van der Waals surface area contributed by atoms with E-state index in [1.165, 1.54) is 0 Å². The highest BCUT2D eigenvalue weighted by Crippen LogP contribution is 2.22. The molecule has 2 rings (SSSR count). The van der Waals surface area contributed by atoms with Crippen LogP contribution in [0.5, 0.6) is 5.75 Å². The van der Waals surface area contributed by atoms with Crippen molar-refractivity contribution in [2.24, 2.45) is 0 Å². The molecule has 0 fully saturated rings. The highest BCUT2D eigenvalue weighted by Gasteiger charge is 2.01. The average Bonchev–Trinajstić information content (AvgIpc) is 2.28. The van der Waals surface area contributed by atoms with Gasteiger partial charge in [0, 0.05) is 23.5 Å². The van der Waals surface area contributed by atoms with Gasteiger partial charge in [-0.2, -0.15) is 0 Å². The molecular weight excluding hydrogens is 238 g/mol. The van der Waals surface area contributed by atoms with Gasteiger partial charge in [-0.3, -0.25) is 0 Å². The first-order chi connectivity index (χ1) is 8.17. The van der Waals surface area contributed by atoms with E-state index in [9.17, 15) is 0 Å². The lowest BCUT2D eigenvalue weighted by atomic mass is 10.3. The Hall–Kier alpha value is -1.94. The van der Waals surface area contributed by atoms with Crippen molar-refractivity contribution in [1.29, 1.82) is 0 Å². The van der Waals surface area contributed by atoms with Crippen molar-refractivity contribution in [3.8, 4) is 5.75 Å². The topological polar surface area (TPSA) is 60.2 Å². The molecule has 0 bridgehead atoms. The fourth-order valence-electron chi connectivity index (χ4n) is 1.43. The van der Waals surface area contributed by atoms with Gasteiger partial charge < -0.3 is 15.8 Å². The van der Waals surface area contributed by atoms with Gasteiger partial charge in [-0.05, 0) is 18.2 Å². The number of hydrogen-bond donors (Lipinski definition) is 2. The zero-order chi connectivity index (χ0) is 12.3. The number of benzene rings is 1. The number of aromatic nitrogens is 1. The Bertz CT molecular complexity index is 511. The minimum atomic E-state index is 0.357. The molecule has 1 aromatic heterocycles. The van der Waals surface area contributed by atoms with Crippen LogP contribution in [-0.2, 0) is 0 Å². The first kappa shape index (κ1) is 11.5. The first-order valence-corrected chi connectivity index (χ1v) is 5.39. The standard InChI is InChI=1S/C12H12ClN3O/c1-17-10-4-2-3-9(7-10)15-12-6-8(14)5-11(13)16-12/h2-7H,1H3,(H3,14,15,16).